The van der Waals surface area contributed by atoms with Gasteiger partial charge in [0.05, 0.1) is 11.3 Å². The molecule has 208 valence electrons. The molecule has 0 radical (unpaired) electrons. The van der Waals surface area contributed by atoms with Gasteiger partial charge in [0, 0.05) is 16.8 Å². The predicted octanol–water partition coefficient (Wildman–Crippen LogP) is 11.8. The molecule has 0 N–H and O–H groups in total. The van der Waals surface area contributed by atoms with Crippen molar-refractivity contribution < 1.29 is 13.2 Å². The second kappa shape index (κ2) is 10.8. The van der Waals surface area contributed by atoms with Crippen LogP contribution in [0.2, 0.25) is 0 Å². The minimum atomic E-state index is -4.39. The Morgan fingerprint density at radius 1 is 0.442 bits per heavy atom. The van der Waals surface area contributed by atoms with E-state index in [1.165, 1.54) is 33.7 Å². The molecule has 1 nitrogen and oxygen atoms in total. The van der Waals surface area contributed by atoms with Gasteiger partial charge in [0.2, 0.25) is 0 Å². The molecule has 0 aliphatic heterocycles. The normalized spacial score (nSPS) is 12.0. The first-order valence-electron chi connectivity index (χ1n) is 14.1. The van der Waals surface area contributed by atoms with Crippen LogP contribution in [0.5, 0.6) is 0 Å². The molecule has 0 bridgehead atoms. The van der Waals surface area contributed by atoms with Crippen LogP contribution in [-0.4, -0.2) is 0 Å². The number of anilines is 3. The number of fused-ring (bicyclic) bond motifs is 3. The van der Waals surface area contributed by atoms with E-state index in [0.29, 0.717) is 5.69 Å². The fourth-order valence-corrected chi connectivity index (χ4v) is 5.62. The predicted molar refractivity (Wildman–Crippen MR) is 174 cm³/mol. The zero-order valence-corrected chi connectivity index (χ0v) is 23.1. The zero-order valence-electron chi connectivity index (χ0n) is 23.1. The third-order valence-electron chi connectivity index (χ3n) is 7.81. The number of alkyl halides is 3. The van der Waals surface area contributed by atoms with Crippen LogP contribution in [0.25, 0.3) is 44.5 Å². The van der Waals surface area contributed by atoms with E-state index in [1.54, 1.807) is 0 Å². The van der Waals surface area contributed by atoms with E-state index in [4.69, 9.17) is 0 Å². The average Bonchev–Trinajstić information content (AvgIpc) is 3.03. The first kappa shape index (κ1) is 26.5. The molecule has 0 aromatic heterocycles. The molecule has 7 rings (SSSR count). The van der Waals surface area contributed by atoms with Crippen LogP contribution in [0.1, 0.15) is 16.7 Å². The van der Waals surface area contributed by atoms with Gasteiger partial charge in [-0.05, 0) is 98.7 Å². The van der Waals surface area contributed by atoms with Gasteiger partial charge in [0.25, 0.3) is 0 Å². The number of nitrogens with zero attached hydrogens (tertiary/aromatic N) is 1. The number of hydrogen-bond acceptors (Lipinski definition) is 1. The van der Waals surface area contributed by atoms with E-state index >= 15 is 0 Å². The Kier molecular flexibility index (Phi) is 6.67. The fourth-order valence-electron chi connectivity index (χ4n) is 5.62. The molecule has 0 unspecified atom stereocenters. The Morgan fingerprint density at radius 2 is 0.977 bits per heavy atom. The summed E-state index contributed by atoms with van der Waals surface area (Å²) >= 11 is 0. The molecule has 4 heteroatoms. The highest BCUT2D eigenvalue weighted by Gasteiger charge is 2.30. The molecule has 0 fully saturated rings. The van der Waals surface area contributed by atoms with Gasteiger partial charge in [-0.3, -0.25) is 0 Å². The maximum absolute atomic E-state index is 13.3. The van der Waals surface area contributed by atoms with Gasteiger partial charge in [0.1, 0.15) is 0 Å². The Balaban J connectivity index is 1.23. The molecule has 43 heavy (non-hydrogen) atoms. The highest BCUT2D eigenvalue weighted by atomic mass is 19.4. The lowest BCUT2D eigenvalue weighted by atomic mass is 10.0. The minimum absolute atomic E-state index is 0.649. The first-order valence-corrected chi connectivity index (χ1v) is 14.1. The zero-order chi connectivity index (χ0) is 29.4. The summed E-state index contributed by atoms with van der Waals surface area (Å²) < 4.78 is 40.0. The molecular formula is C39H26F3N. The molecule has 7 aromatic carbocycles. The number of hydrogen-bond donors (Lipinski definition) is 0. The highest BCUT2D eigenvalue weighted by Crippen LogP contribution is 2.40. The monoisotopic (exact) mass is 565 g/mol. The Bertz CT molecular complexity index is 2100. The molecular weight excluding hydrogens is 539 g/mol. The van der Waals surface area contributed by atoms with Gasteiger partial charge in [-0.2, -0.15) is 13.2 Å². The minimum Gasteiger partial charge on any atom is -0.310 e. The summed E-state index contributed by atoms with van der Waals surface area (Å²) in [6, 6.07) is 46.7. The van der Waals surface area contributed by atoms with Crippen molar-refractivity contribution in [2.45, 2.75) is 6.18 Å². The summed E-state index contributed by atoms with van der Waals surface area (Å²) in [7, 11) is 0. The second-order valence-electron chi connectivity index (χ2n) is 10.6. The van der Waals surface area contributed by atoms with E-state index in [0.717, 1.165) is 45.4 Å². The van der Waals surface area contributed by atoms with Gasteiger partial charge >= 0.3 is 6.18 Å². The summed E-state index contributed by atoms with van der Waals surface area (Å²) in [5.41, 5.74) is 3.85. The lowest BCUT2D eigenvalue weighted by molar-refractivity contribution is -0.137. The second-order valence-corrected chi connectivity index (χ2v) is 10.6. The van der Waals surface area contributed by atoms with Crippen LogP contribution in [0.3, 0.4) is 0 Å². The molecule has 0 aliphatic rings. The van der Waals surface area contributed by atoms with Gasteiger partial charge in [-0.1, -0.05) is 97.1 Å². The van der Waals surface area contributed by atoms with E-state index in [9.17, 15) is 13.2 Å². The summed E-state index contributed by atoms with van der Waals surface area (Å²) in [5, 5.41) is 6.91. The van der Waals surface area contributed by atoms with Crippen LogP contribution >= 0.6 is 0 Å². The van der Waals surface area contributed by atoms with Crippen molar-refractivity contribution in [2.24, 2.45) is 0 Å². The molecule has 0 aliphatic carbocycles. The molecule has 0 saturated carbocycles. The lowest BCUT2D eigenvalue weighted by Crippen LogP contribution is -2.11. The number of rotatable bonds is 5. The molecule has 0 amide bonds. The van der Waals surface area contributed by atoms with Crippen molar-refractivity contribution in [3.05, 3.63) is 162 Å². The van der Waals surface area contributed by atoms with Crippen molar-refractivity contribution in [2.75, 3.05) is 4.90 Å². The van der Waals surface area contributed by atoms with Gasteiger partial charge in [0.15, 0.2) is 0 Å². The third-order valence-corrected chi connectivity index (χ3v) is 7.81. The molecule has 7 aromatic rings. The van der Waals surface area contributed by atoms with E-state index in [-0.39, 0.29) is 0 Å². The summed E-state index contributed by atoms with van der Waals surface area (Å²) in [4.78, 5) is 2.00. The maximum Gasteiger partial charge on any atom is 0.416 e. The van der Waals surface area contributed by atoms with Crippen molar-refractivity contribution in [1.82, 2.24) is 0 Å². The Hall–Kier alpha value is -5.35. The van der Waals surface area contributed by atoms with Crippen LogP contribution in [-0.2, 0) is 6.18 Å². The van der Waals surface area contributed by atoms with E-state index in [2.05, 4.69) is 66.7 Å². The van der Waals surface area contributed by atoms with Gasteiger partial charge in [-0.25, -0.2) is 0 Å². The first-order chi connectivity index (χ1) is 20.9. The van der Waals surface area contributed by atoms with Crippen LogP contribution in [0, 0.1) is 0 Å². The van der Waals surface area contributed by atoms with Crippen LogP contribution in [0.15, 0.2) is 146 Å². The van der Waals surface area contributed by atoms with E-state index in [1.807, 2.05) is 71.6 Å². The Morgan fingerprint density at radius 3 is 1.67 bits per heavy atom. The molecule has 0 heterocycles. The molecule has 0 spiro atoms. The average molecular weight is 566 g/mol. The molecule has 0 saturated heterocycles. The standard InChI is InChI=1S/C39H26F3N/c40-39(41,42)34-18-22-36(23-19-34)43(38-11-5-9-29-6-3-4-10-37(29)38)35-20-15-27(16-21-35)12-13-28-14-17-32-25-30-7-1-2-8-31(30)26-33(32)24-28/h1-26H/b13-12+. The van der Waals surface area contributed by atoms with Crippen LogP contribution in [0.4, 0.5) is 30.2 Å². The van der Waals surface area contributed by atoms with Crippen LogP contribution < -0.4 is 4.90 Å². The number of benzene rings is 7. The SMILES string of the molecule is FC(F)(F)c1ccc(N(c2ccc(/C=C/c3ccc4cc5ccccc5cc4c3)cc2)c2cccc3ccccc23)cc1. The number of halogens is 3. The lowest BCUT2D eigenvalue weighted by Gasteiger charge is -2.27. The summed E-state index contributed by atoms with van der Waals surface area (Å²) in [6.07, 6.45) is -0.218. The molecule has 0 atom stereocenters. The maximum atomic E-state index is 13.3. The quantitative estimate of drug-likeness (QED) is 0.148. The smallest absolute Gasteiger partial charge is 0.310 e. The largest absolute Gasteiger partial charge is 0.416 e. The van der Waals surface area contributed by atoms with Crippen molar-refractivity contribution in [3.63, 3.8) is 0 Å². The fraction of sp³-hybridized carbons (Fsp3) is 0.0256. The Labute approximate surface area is 247 Å². The van der Waals surface area contributed by atoms with Gasteiger partial charge in [-0.15, -0.1) is 0 Å². The van der Waals surface area contributed by atoms with E-state index < -0.39 is 11.7 Å². The van der Waals surface area contributed by atoms with Crippen molar-refractivity contribution in [1.29, 1.82) is 0 Å². The summed E-state index contributed by atoms with van der Waals surface area (Å²) in [6.45, 7) is 0. The topological polar surface area (TPSA) is 3.24 Å². The van der Waals surface area contributed by atoms with Gasteiger partial charge < -0.3 is 4.90 Å². The summed E-state index contributed by atoms with van der Waals surface area (Å²) in [5.74, 6) is 0. The van der Waals surface area contributed by atoms with Crippen molar-refractivity contribution in [3.8, 4) is 0 Å². The third kappa shape index (κ3) is 5.35. The van der Waals surface area contributed by atoms with Crippen molar-refractivity contribution >= 4 is 61.5 Å². The highest BCUT2D eigenvalue weighted by molar-refractivity contribution is 6.00.